The van der Waals surface area contributed by atoms with Crippen molar-refractivity contribution in [1.29, 1.82) is 0 Å². The van der Waals surface area contributed by atoms with Crippen LogP contribution in [-0.2, 0) is 6.42 Å². The highest BCUT2D eigenvalue weighted by Gasteiger charge is 2.13. The van der Waals surface area contributed by atoms with Crippen LogP contribution in [-0.4, -0.2) is 9.97 Å². The number of nitrogens with zero attached hydrogens (tertiary/aromatic N) is 1. The molecule has 0 fully saturated rings. The third kappa shape index (κ3) is 2.87. The van der Waals surface area contributed by atoms with E-state index >= 15 is 0 Å². The first kappa shape index (κ1) is 12.1. The average Bonchev–Trinajstić information content (AvgIpc) is 2.70. The molecule has 0 aliphatic heterocycles. The van der Waals surface area contributed by atoms with Crippen molar-refractivity contribution in [3.05, 3.63) is 50.9 Å². The van der Waals surface area contributed by atoms with Gasteiger partial charge in [0.15, 0.2) is 0 Å². The zero-order chi connectivity index (χ0) is 11.5. The fraction of sp³-hybridized carbons (Fsp3) is 0.182. The molecule has 1 aromatic heterocycles. The van der Waals surface area contributed by atoms with Crippen LogP contribution in [0.4, 0.5) is 0 Å². The largest absolute Gasteiger partial charge is 0.349 e. The van der Waals surface area contributed by atoms with E-state index in [4.69, 9.17) is 11.6 Å². The van der Waals surface area contributed by atoms with Gasteiger partial charge in [0.1, 0.15) is 5.82 Å². The second-order valence-corrected chi connectivity index (χ2v) is 5.67. The molecule has 0 saturated carbocycles. The normalized spacial score (nSPS) is 12.7. The van der Waals surface area contributed by atoms with Crippen LogP contribution < -0.4 is 0 Å². The molecule has 2 rings (SSSR count). The third-order valence-corrected chi connectivity index (χ3v) is 3.80. The maximum Gasteiger partial charge on any atom is 0.107 e. The van der Waals surface area contributed by atoms with Crippen LogP contribution in [0.2, 0.25) is 0 Å². The zero-order valence-electron chi connectivity index (χ0n) is 8.25. The molecule has 0 spiro atoms. The van der Waals surface area contributed by atoms with Gasteiger partial charge in [-0.05, 0) is 17.7 Å². The Bertz CT molecular complexity index is 471. The standard InChI is InChI=1S/C11H9Br2ClN2/c12-7-1-2-8(9(13)5-7)10(14)6-11-15-3-4-16-11/h1-5,10H,6H2,(H,15,16). The highest BCUT2D eigenvalue weighted by atomic mass is 79.9. The molecule has 1 heterocycles. The van der Waals surface area contributed by atoms with Gasteiger partial charge in [-0.1, -0.05) is 37.9 Å². The quantitative estimate of drug-likeness (QED) is 0.801. The molecule has 1 atom stereocenters. The Kier molecular flexibility index (Phi) is 4.05. The molecule has 2 nitrogen and oxygen atoms in total. The van der Waals surface area contributed by atoms with Crippen LogP contribution in [0, 0.1) is 0 Å². The van der Waals surface area contributed by atoms with E-state index in [9.17, 15) is 0 Å². The molecular weight excluding hydrogens is 355 g/mol. The van der Waals surface area contributed by atoms with Gasteiger partial charge in [0, 0.05) is 27.8 Å². The van der Waals surface area contributed by atoms with E-state index in [1.165, 1.54) is 0 Å². The lowest BCUT2D eigenvalue weighted by Crippen LogP contribution is -1.98. The molecule has 1 N–H and O–H groups in total. The van der Waals surface area contributed by atoms with Crippen molar-refractivity contribution in [2.75, 3.05) is 0 Å². The summed E-state index contributed by atoms with van der Waals surface area (Å²) in [6, 6.07) is 5.99. The molecular formula is C11H9Br2ClN2. The Morgan fingerprint density at radius 1 is 1.38 bits per heavy atom. The molecule has 84 valence electrons. The Morgan fingerprint density at radius 3 is 2.81 bits per heavy atom. The van der Waals surface area contributed by atoms with Crippen LogP contribution >= 0.6 is 43.5 Å². The number of aromatic amines is 1. The van der Waals surface area contributed by atoms with Crippen LogP contribution in [0.25, 0.3) is 0 Å². The first-order valence-electron chi connectivity index (χ1n) is 4.74. The SMILES string of the molecule is ClC(Cc1ncc[nH]1)c1ccc(Br)cc1Br. The number of nitrogens with one attached hydrogen (secondary N) is 1. The summed E-state index contributed by atoms with van der Waals surface area (Å²) in [6.45, 7) is 0. The summed E-state index contributed by atoms with van der Waals surface area (Å²) in [7, 11) is 0. The number of H-pyrrole nitrogens is 1. The Balaban J connectivity index is 2.17. The van der Waals surface area contributed by atoms with Gasteiger partial charge in [-0.25, -0.2) is 4.98 Å². The number of hydrogen-bond acceptors (Lipinski definition) is 1. The molecule has 0 aliphatic rings. The van der Waals surface area contributed by atoms with Crippen LogP contribution in [0.1, 0.15) is 16.8 Å². The lowest BCUT2D eigenvalue weighted by Gasteiger charge is -2.10. The predicted molar refractivity (Wildman–Crippen MR) is 72.7 cm³/mol. The molecule has 0 bridgehead atoms. The molecule has 0 radical (unpaired) electrons. The molecule has 2 aromatic rings. The molecule has 0 saturated heterocycles. The van der Waals surface area contributed by atoms with Gasteiger partial charge in [-0.15, -0.1) is 11.6 Å². The Hall–Kier alpha value is -0.320. The fourth-order valence-electron chi connectivity index (χ4n) is 1.44. The number of imidazole rings is 1. The summed E-state index contributed by atoms with van der Waals surface area (Å²) in [6.07, 6.45) is 4.22. The second kappa shape index (κ2) is 5.34. The lowest BCUT2D eigenvalue weighted by molar-refractivity contribution is 0.851. The predicted octanol–water partition coefficient (Wildman–Crippen LogP) is 4.46. The number of rotatable bonds is 3. The Morgan fingerprint density at radius 2 is 2.19 bits per heavy atom. The summed E-state index contributed by atoms with van der Waals surface area (Å²) in [5.74, 6) is 0.898. The molecule has 1 unspecified atom stereocenters. The molecule has 0 aliphatic carbocycles. The van der Waals surface area contributed by atoms with E-state index in [1.54, 1.807) is 12.4 Å². The van der Waals surface area contributed by atoms with E-state index in [-0.39, 0.29) is 5.38 Å². The van der Waals surface area contributed by atoms with Gasteiger partial charge in [0.05, 0.1) is 5.38 Å². The van der Waals surface area contributed by atoms with E-state index in [0.29, 0.717) is 6.42 Å². The summed E-state index contributed by atoms with van der Waals surface area (Å²) < 4.78 is 2.04. The minimum absolute atomic E-state index is 0.0892. The number of hydrogen-bond donors (Lipinski definition) is 1. The average molecular weight is 364 g/mol. The molecule has 1 aromatic carbocycles. The lowest BCUT2D eigenvalue weighted by atomic mass is 10.1. The Labute approximate surface area is 116 Å². The monoisotopic (exact) mass is 362 g/mol. The van der Waals surface area contributed by atoms with Gasteiger partial charge in [-0.2, -0.15) is 0 Å². The molecule has 0 amide bonds. The summed E-state index contributed by atoms with van der Waals surface area (Å²) in [5, 5.41) is -0.0892. The van der Waals surface area contributed by atoms with Gasteiger partial charge >= 0.3 is 0 Å². The third-order valence-electron chi connectivity index (χ3n) is 2.23. The van der Waals surface area contributed by atoms with Crippen LogP contribution in [0.3, 0.4) is 0 Å². The van der Waals surface area contributed by atoms with E-state index in [1.807, 2.05) is 18.2 Å². The number of aromatic nitrogens is 2. The minimum Gasteiger partial charge on any atom is -0.349 e. The van der Waals surface area contributed by atoms with Crippen LogP contribution in [0.5, 0.6) is 0 Å². The summed E-state index contributed by atoms with van der Waals surface area (Å²) in [5.41, 5.74) is 1.07. The summed E-state index contributed by atoms with van der Waals surface area (Å²) in [4.78, 5) is 7.21. The van der Waals surface area contributed by atoms with Crippen LogP contribution in [0.15, 0.2) is 39.5 Å². The first-order chi connectivity index (χ1) is 7.66. The van der Waals surface area contributed by atoms with Gasteiger partial charge < -0.3 is 4.98 Å². The second-order valence-electron chi connectivity index (χ2n) is 3.37. The maximum absolute atomic E-state index is 6.35. The van der Waals surface area contributed by atoms with Crippen molar-refractivity contribution in [3.63, 3.8) is 0 Å². The van der Waals surface area contributed by atoms with E-state index in [0.717, 1.165) is 20.3 Å². The van der Waals surface area contributed by atoms with Crippen molar-refractivity contribution in [2.24, 2.45) is 0 Å². The van der Waals surface area contributed by atoms with Crippen molar-refractivity contribution >= 4 is 43.5 Å². The number of benzene rings is 1. The topological polar surface area (TPSA) is 28.7 Å². The van der Waals surface area contributed by atoms with Gasteiger partial charge in [-0.3, -0.25) is 0 Å². The number of alkyl halides is 1. The fourth-order valence-corrected chi connectivity index (χ4v) is 3.24. The van der Waals surface area contributed by atoms with Crippen molar-refractivity contribution in [1.82, 2.24) is 9.97 Å². The molecule has 16 heavy (non-hydrogen) atoms. The van der Waals surface area contributed by atoms with E-state index in [2.05, 4.69) is 41.8 Å². The molecule has 5 heteroatoms. The maximum atomic E-state index is 6.35. The van der Waals surface area contributed by atoms with Crippen molar-refractivity contribution in [2.45, 2.75) is 11.8 Å². The minimum atomic E-state index is -0.0892. The highest BCUT2D eigenvalue weighted by molar-refractivity contribution is 9.11. The highest BCUT2D eigenvalue weighted by Crippen LogP contribution is 2.32. The summed E-state index contributed by atoms with van der Waals surface area (Å²) >= 11 is 13.3. The van der Waals surface area contributed by atoms with Gasteiger partial charge in [0.25, 0.3) is 0 Å². The number of halogens is 3. The van der Waals surface area contributed by atoms with Crippen molar-refractivity contribution in [3.8, 4) is 0 Å². The zero-order valence-corrected chi connectivity index (χ0v) is 12.2. The smallest absolute Gasteiger partial charge is 0.107 e. The van der Waals surface area contributed by atoms with E-state index < -0.39 is 0 Å². The van der Waals surface area contributed by atoms with Gasteiger partial charge in [0.2, 0.25) is 0 Å². The van der Waals surface area contributed by atoms with Crippen molar-refractivity contribution < 1.29 is 0 Å². The first-order valence-corrected chi connectivity index (χ1v) is 6.76.